The lowest BCUT2D eigenvalue weighted by molar-refractivity contribution is 0.150. The zero-order valence-electron chi connectivity index (χ0n) is 7.05. The number of rotatable bonds is 2. The molecule has 1 rings (SSSR count). The van der Waals surface area contributed by atoms with Crippen LogP contribution >= 0.6 is 0 Å². The number of halogens is 2. The van der Waals surface area contributed by atoms with E-state index in [2.05, 4.69) is 4.98 Å². The lowest BCUT2D eigenvalue weighted by atomic mass is 10.1. The number of nitriles is 1. The number of aromatic amines is 1. The Morgan fingerprint density at radius 1 is 1.64 bits per heavy atom. The summed E-state index contributed by atoms with van der Waals surface area (Å²) in [5, 5.41) is 8.61. The molecule has 0 spiro atoms. The molecule has 1 heterocycles. The average molecular weight is 199 g/mol. The molecule has 0 aromatic carbocycles. The fourth-order valence-corrected chi connectivity index (χ4v) is 1.09. The predicted octanol–water partition coefficient (Wildman–Crippen LogP) is 0.643. The molecule has 0 fully saturated rings. The Morgan fingerprint density at radius 2 is 2.29 bits per heavy atom. The number of hydrogen-bond acceptors (Lipinski definition) is 3. The zero-order chi connectivity index (χ0) is 10.7. The molecule has 6 heteroatoms. The van der Waals surface area contributed by atoms with E-state index in [-0.39, 0.29) is 17.8 Å². The highest BCUT2D eigenvalue weighted by atomic mass is 19.3. The van der Waals surface area contributed by atoms with Gasteiger partial charge in [-0.05, 0) is 0 Å². The van der Waals surface area contributed by atoms with E-state index in [0.717, 1.165) is 0 Å². The molecule has 1 aromatic rings. The Labute approximate surface area is 78.0 Å². The van der Waals surface area contributed by atoms with Gasteiger partial charge in [0.1, 0.15) is 6.07 Å². The molecule has 0 saturated heterocycles. The van der Waals surface area contributed by atoms with Crippen LogP contribution in [0.25, 0.3) is 0 Å². The van der Waals surface area contributed by atoms with Crippen molar-refractivity contribution < 1.29 is 8.78 Å². The predicted molar refractivity (Wildman–Crippen MR) is 44.6 cm³/mol. The third-order valence-corrected chi connectivity index (χ3v) is 1.70. The van der Waals surface area contributed by atoms with Gasteiger partial charge in [0.15, 0.2) is 0 Å². The molecule has 4 nitrogen and oxygen atoms in total. The van der Waals surface area contributed by atoms with Crippen LogP contribution in [0.15, 0.2) is 10.9 Å². The maximum absolute atomic E-state index is 12.4. The summed E-state index contributed by atoms with van der Waals surface area (Å²) in [6.07, 6.45) is -2.85. The third-order valence-electron chi connectivity index (χ3n) is 1.70. The number of nitrogens with zero attached hydrogens (tertiary/aromatic N) is 1. The Kier molecular flexibility index (Phi) is 2.94. The van der Waals surface area contributed by atoms with Gasteiger partial charge in [-0.1, -0.05) is 0 Å². The van der Waals surface area contributed by atoms with Gasteiger partial charge in [0.25, 0.3) is 6.43 Å². The zero-order valence-corrected chi connectivity index (χ0v) is 7.05. The van der Waals surface area contributed by atoms with Gasteiger partial charge in [-0.2, -0.15) is 5.26 Å². The van der Waals surface area contributed by atoms with Crippen molar-refractivity contribution in [3.05, 3.63) is 33.2 Å². The van der Waals surface area contributed by atoms with Crippen molar-refractivity contribution in [3.8, 4) is 6.07 Å². The minimum absolute atomic E-state index is 0.0373. The number of aromatic nitrogens is 1. The molecular weight excluding hydrogens is 192 g/mol. The molecule has 14 heavy (non-hydrogen) atoms. The molecule has 3 N–H and O–H groups in total. The van der Waals surface area contributed by atoms with Gasteiger partial charge >= 0.3 is 0 Å². The van der Waals surface area contributed by atoms with Gasteiger partial charge in [-0.25, -0.2) is 8.78 Å². The van der Waals surface area contributed by atoms with Crippen LogP contribution in [0.4, 0.5) is 8.78 Å². The first-order chi connectivity index (χ1) is 6.60. The SMILES string of the molecule is N#Cc1c(C(F)F)cc(=O)[nH]c1CN. The van der Waals surface area contributed by atoms with E-state index in [4.69, 9.17) is 11.0 Å². The largest absolute Gasteiger partial charge is 0.325 e. The number of hydrogen-bond donors (Lipinski definition) is 2. The van der Waals surface area contributed by atoms with Crippen molar-refractivity contribution in [3.63, 3.8) is 0 Å². The Balaban J connectivity index is 3.49. The number of alkyl halides is 2. The smallest absolute Gasteiger partial charge is 0.265 e. The van der Waals surface area contributed by atoms with Crippen molar-refractivity contribution in [1.82, 2.24) is 4.98 Å². The third kappa shape index (κ3) is 1.78. The van der Waals surface area contributed by atoms with Crippen molar-refractivity contribution in [1.29, 1.82) is 5.26 Å². The standard InChI is InChI=1S/C8H7F2N3O/c9-8(10)4-1-7(14)13-6(3-12)5(4)2-11/h1,8H,3,12H2,(H,13,14). The van der Waals surface area contributed by atoms with Crippen LogP contribution in [-0.2, 0) is 6.54 Å². The molecule has 0 aliphatic carbocycles. The van der Waals surface area contributed by atoms with Crippen molar-refractivity contribution in [2.75, 3.05) is 0 Å². The van der Waals surface area contributed by atoms with Crippen molar-refractivity contribution in [2.24, 2.45) is 5.73 Å². The summed E-state index contributed by atoms with van der Waals surface area (Å²) in [5.74, 6) is 0. The van der Waals surface area contributed by atoms with Crippen LogP contribution < -0.4 is 11.3 Å². The first kappa shape index (κ1) is 10.3. The van der Waals surface area contributed by atoms with E-state index in [0.29, 0.717) is 6.07 Å². The number of nitrogens with one attached hydrogen (secondary N) is 1. The molecular formula is C8H7F2N3O. The topological polar surface area (TPSA) is 82.7 Å². The summed E-state index contributed by atoms with van der Waals surface area (Å²) in [7, 11) is 0. The van der Waals surface area contributed by atoms with Crippen LogP contribution in [0.3, 0.4) is 0 Å². The van der Waals surface area contributed by atoms with Gasteiger partial charge in [0, 0.05) is 23.9 Å². The molecule has 74 valence electrons. The molecule has 0 radical (unpaired) electrons. The van der Waals surface area contributed by atoms with Crippen LogP contribution in [-0.4, -0.2) is 4.98 Å². The summed E-state index contributed by atoms with van der Waals surface area (Å²) in [4.78, 5) is 13.1. The monoisotopic (exact) mass is 199 g/mol. The highest BCUT2D eigenvalue weighted by Gasteiger charge is 2.16. The normalized spacial score (nSPS) is 10.2. The molecule has 0 aliphatic rings. The van der Waals surface area contributed by atoms with E-state index in [9.17, 15) is 13.6 Å². The summed E-state index contributed by atoms with van der Waals surface area (Å²) in [5.41, 5.74) is 3.73. The Bertz CT molecular complexity index is 433. The number of nitrogens with two attached hydrogens (primary N) is 1. The van der Waals surface area contributed by atoms with Crippen LogP contribution in [0.5, 0.6) is 0 Å². The Morgan fingerprint density at radius 3 is 2.71 bits per heavy atom. The highest BCUT2D eigenvalue weighted by Crippen LogP contribution is 2.22. The first-order valence-electron chi connectivity index (χ1n) is 3.74. The van der Waals surface area contributed by atoms with Crippen LogP contribution in [0.2, 0.25) is 0 Å². The second kappa shape index (κ2) is 3.98. The van der Waals surface area contributed by atoms with Gasteiger partial charge in [0.05, 0.1) is 5.56 Å². The molecule has 0 atom stereocenters. The number of H-pyrrole nitrogens is 1. The summed E-state index contributed by atoms with van der Waals surface area (Å²) < 4.78 is 24.7. The fraction of sp³-hybridized carbons (Fsp3) is 0.250. The quantitative estimate of drug-likeness (QED) is 0.733. The summed E-state index contributed by atoms with van der Waals surface area (Å²) >= 11 is 0. The molecule has 0 amide bonds. The van der Waals surface area contributed by atoms with E-state index < -0.39 is 17.5 Å². The first-order valence-corrected chi connectivity index (χ1v) is 3.74. The van der Waals surface area contributed by atoms with E-state index in [1.165, 1.54) is 0 Å². The maximum atomic E-state index is 12.4. The number of pyridine rings is 1. The molecule has 0 saturated carbocycles. The lowest BCUT2D eigenvalue weighted by Crippen LogP contribution is -2.15. The minimum Gasteiger partial charge on any atom is -0.325 e. The molecule has 0 bridgehead atoms. The Hall–Kier alpha value is -1.74. The second-order valence-electron chi connectivity index (χ2n) is 2.56. The average Bonchev–Trinajstić information content (AvgIpc) is 2.16. The molecule has 0 aliphatic heterocycles. The van der Waals surface area contributed by atoms with Crippen molar-refractivity contribution >= 4 is 0 Å². The van der Waals surface area contributed by atoms with E-state index >= 15 is 0 Å². The maximum Gasteiger partial charge on any atom is 0.265 e. The fourth-order valence-electron chi connectivity index (χ4n) is 1.09. The van der Waals surface area contributed by atoms with Crippen LogP contribution in [0.1, 0.15) is 23.2 Å². The summed E-state index contributed by atoms with van der Waals surface area (Å²) in [6.45, 7) is -0.154. The minimum atomic E-state index is -2.85. The van der Waals surface area contributed by atoms with Crippen molar-refractivity contribution in [2.45, 2.75) is 13.0 Å². The highest BCUT2D eigenvalue weighted by molar-refractivity contribution is 5.41. The van der Waals surface area contributed by atoms with E-state index in [1.54, 1.807) is 6.07 Å². The van der Waals surface area contributed by atoms with E-state index in [1.807, 2.05) is 0 Å². The molecule has 0 unspecified atom stereocenters. The van der Waals surface area contributed by atoms with Gasteiger partial charge in [-0.15, -0.1) is 0 Å². The van der Waals surface area contributed by atoms with Gasteiger partial charge in [0.2, 0.25) is 5.56 Å². The summed E-state index contributed by atoms with van der Waals surface area (Å²) in [6, 6.07) is 2.30. The van der Waals surface area contributed by atoms with Crippen LogP contribution in [0, 0.1) is 11.3 Å². The molecule has 1 aromatic heterocycles. The second-order valence-corrected chi connectivity index (χ2v) is 2.56. The van der Waals surface area contributed by atoms with Gasteiger partial charge in [-0.3, -0.25) is 4.79 Å². The lowest BCUT2D eigenvalue weighted by Gasteiger charge is -2.05. The van der Waals surface area contributed by atoms with Gasteiger partial charge < -0.3 is 10.7 Å².